The van der Waals surface area contributed by atoms with E-state index >= 15 is 0 Å². The molecular formula is C19H30N2O2. The molecule has 2 atom stereocenters. The summed E-state index contributed by atoms with van der Waals surface area (Å²) >= 11 is 0. The van der Waals surface area contributed by atoms with E-state index in [1.165, 1.54) is 16.0 Å². The van der Waals surface area contributed by atoms with Crippen LogP contribution in [0.5, 0.6) is 0 Å². The van der Waals surface area contributed by atoms with Crippen LogP contribution < -0.4 is 0 Å². The van der Waals surface area contributed by atoms with Crippen molar-refractivity contribution in [2.45, 2.75) is 46.0 Å². The quantitative estimate of drug-likeness (QED) is 0.558. The number of rotatable bonds is 6. The fourth-order valence-electron chi connectivity index (χ4n) is 3.54. The van der Waals surface area contributed by atoms with Gasteiger partial charge in [-0.15, -0.1) is 0 Å². The van der Waals surface area contributed by atoms with Crippen LogP contribution in [-0.4, -0.2) is 48.8 Å². The molecule has 2 aliphatic rings. The van der Waals surface area contributed by atoms with E-state index < -0.39 is 0 Å². The SMILES string of the molecule is CC(C)=CCC=C1CCC2C(=O)N(CCCN(C)C)C(=O)C2C1. The Hall–Kier alpha value is -1.42. The van der Waals surface area contributed by atoms with Gasteiger partial charge in [-0.25, -0.2) is 0 Å². The maximum absolute atomic E-state index is 12.6. The summed E-state index contributed by atoms with van der Waals surface area (Å²) in [5.74, 6) is -0.0373. The van der Waals surface area contributed by atoms with Crippen LogP contribution in [0.15, 0.2) is 23.3 Å². The summed E-state index contributed by atoms with van der Waals surface area (Å²) in [6.07, 6.45) is 8.80. The minimum absolute atomic E-state index is 0.0616. The molecule has 0 aromatic heterocycles. The van der Waals surface area contributed by atoms with Gasteiger partial charge in [0, 0.05) is 6.54 Å². The van der Waals surface area contributed by atoms with E-state index in [1.807, 2.05) is 14.1 Å². The van der Waals surface area contributed by atoms with Crippen LogP contribution in [0, 0.1) is 11.8 Å². The third-order valence-corrected chi connectivity index (χ3v) is 4.83. The Morgan fingerprint density at radius 3 is 2.57 bits per heavy atom. The number of hydrogen-bond donors (Lipinski definition) is 0. The van der Waals surface area contributed by atoms with Crippen LogP contribution in [0.2, 0.25) is 0 Å². The summed E-state index contributed by atoms with van der Waals surface area (Å²) in [4.78, 5) is 28.7. The first-order chi connectivity index (χ1) is 10.9. The predicted octanol–water partition coefficient (Wildman–Crippen LogP) is 3.01. The van der Waals surface area contributed by atoms with Crippen LogP contribution >= 0.6 is 0 Å². The number of amides is 2. The summed E-state index contributed by atoms with van der Waals surface area (Å²) < 4.78 is 0. The van der Waals surface area contributed by atoms with Crippen LogP contribution in [0.3, 0.4) is 0 Å². The zero-order chi connectivity index (χ0) is 17.0. The molecule has 0 N–H and O–H groups in total. The molecule has 1 saturated heterocycles. The Kier molecular flexibility index (Phi) is 6.17. The van der Waals surface area contributed by atoms with Gasteiger partial charge in [-0.3, -0.25) is 14.5 Å². The van der Waals surface area contributed by atoms with Gasteiger partial charge in [-0.1, -0.05) is 23.3 Å². The highest BCUT2D eigenvalue weighted by Crippen LogP contribution is 2.40. The second-order valence-corrected chi connectivity index (χ2v) is 7.32. The van der Waals surface area contributed by atoms with Gasteiger partial charge in [-0.05, 0) is 66.6 Å². The molecule has 23 heavy (non-hydrogen) atoms. The van der Waals surface area contributed by atoms with Crippen molar-refractivity contribution in [1.29, 1.82) is 0 Å². The van der Waals surface area contributed by atoms with Gasteiger partial charge >= 0.3 is 0 Å². The molecule has 0 spiro atoms. The lowest BCUT2D eigenvalue weighted by molar-refractivity contribution is -0.140. The number of allylic oxidation sites excluding steroid dienone is 4. The molecule has 0 aromatic rings. The van der Waals surface area contributed by atoms with Crippen molar-refractivity contribution >= 4 is 11.8 Å². The highest BCUT2D eigenvalue weighted by Gasteiger charge is 2.48. The number of carbonyl (C=O) groups excluding carboxylic acids is 2. The molecule has 4 nitrogen and oxygen atoms in total. The van der Waals surface area contributed by atoms with Crippen molar-refractivity contribution in [1.82, 2.24) is 9.80 Å². The summed E-state index contributed by atoms with van der Waals surface area (Å²) in [6.45, 7) is 5.67. The Bertz CT molecular complexity index is 515. The first-order valence-corrected chi connectivity index (χ1v) is 8.71. The second-order valence-electron chi connectivity index (χ2n) is 7.32. The van der Waals surface area contributed by atoms with Crippen molar-refractivity contribution in [2.24, 2.45) is 11.8 Å². The van der Waals surface area contributed by atoms with Crippen molar-refractivity contribution in [3.05, 3.63) is 23.3 Å². The molecule has 128 valence electrons. The lowest BCUT2D eigenvalue weighted by Crippen LogP contribution is -2.33. The maximum atomic E-state index is 12.6. The number of likely N-dealkylation sites (tertiary alicyclic amines) is 1. The van der Waals surface area contributed by atoms with E-state index in [0.29, 0.717) is 6.54 Å². The summed E-state index contributed by atoms with van der Waals surface area (Å²) in [5, 5.41) is 0. The van der Waals surface area contributed by atoms with Crippen molar-refractivity contribution in [3.63, 3.8) is 0 Å². The van der Waals surface area contributed by atoms with E-state index in [-0.39, 0.29) is 23.7 Å². The van der Waals surface area contributed by atoms with E-state index in [2.05, 4.69) is 30.9 Å². The van der Waals surface area contributed by atoms with Gasteiger partial charge < -0.3 is 4.90 Å². The number of fused-ring (bicyclic) bond motifs is 1. The fraction of sp³-hybridized carbons (Fsp3) is 0.684. The van der Waals surface area contributed by atoms with Gasteiger partial charge in [0.25, 0.3) is 0 Å². The number of nitrogens with zero attached hydrogens (tertiary/aromatic N) is 2. The predicted molar refractivity (Wildman–Crippen MR) is 92.9 cm³/mol. The Balaban J connectivity index is 1.96. The Morgan fingerprint density at radius 1 is 1.22 bits per heavy atom. The molecule has 2 unspecified atom stereocenters. The van der Waals surface area contributed by atoms with Crippen LogP contribution in [0.1, 0.15) is 46.0 Å². The lowest BCUT2D eigenvalue weighted by Gasteiger charge is -2.23. The molecule has 2 amide bonds. The summed E-state index contributed by atoms with van der Waals surface area (Å²) in [7, 11) is 4.02. The number of carbonyl (C=O) groups is 2. The normalized spacial score (nSPS) is 26.1. The van der Waals surface area contributed by atoms with E-state index in [0.717, 1.165) is 38.6 Å². The van der Waals surface area contributed by atoms with Gasteiger partial charge in [-0.2, -0.15) is 0 Å². The molecule has 1 heterocycles. The van der Waals surface area contributed by atoms with E-state index in [9.17, 15) is 9.59 Å². The second kappa shape index (κ2) is 7.91. The van der Waals surface area contributed by atoms with E-state index in [1.54, 1.807) is 0 Å². The maximum Gasteiger partial charge on any atom is 0.233 e. The zero-order valence-corrected chi connectivity index (χ0v) is 15.0. The third-order valence-electron chi connectivity index (χ3n) is 4.83. The van der Waals surface area contributed by atoms with Crippen LogP contribution in [0.25, 0.3) is 0 Å². The topological polar surface area (TPSA) is 40.6 Å². The first kappa shape index (κ1) is 17.9. The summed E-state index contributed by atoms with van der Waals surface area (Å²) in [5.41, 5.74) is 2.66. The molecule has 1 aliphatic carbocycles. The number of imide groups is 1. The van der Waals surface area contributed by atoms with Gasteiger partial charge in [0.05, 0.1) is 11.8 Å². The molecule has 0 aromatic carbocycles. The highest BCUT2D eigenvalue weighted by molar-refractivity contribution is 6.05. The summed E-state index contributed by atoms with van der Waals surface area (Å²) in [6, 6.07) is 0. The van der Waals surface area contributed by atoms with Crippen molar-refractivity contribution < 1.29 is 9.59 Å². The monoisotopic (exact) mass is 318 g/mol. The minimum atomic E-state index is -0.103. The lowest BCUT2D eigenvalue weighted by atomic mass is 9.78. The van der Waals surface area contributed by atoms with Crippen molar-refractivity contribution in [3.8, 4) is 0 Å². The minimum Gasteiger partial charge on any atom is -0.309 e. The van der Waals surface area contributed by atoms with E-state index in [4.69, 9.17) is 0 Å². The molecule has 0 radical (unpaired) electrons. The Morgan fingerprint density at radius 2 is 1.91 bits per heavy atom. The van der Waals surface area contributed by atoms with Gasteiger partial charge in [0.2, 0.25) is 11.8 Å². The van der Waals surface area contributed by atoms with Crippen LogP contribution in [0.4, 0.5) is 0 Å². The zero-order valence-electron chi connectivity index (χ0n) is 15.0. The van der Waals surface area contributed by atoms with Gasteiger partial charge in [0.1, 0.15) is 0 Å². The largest absolute Gasteiger partial charge is 0.309 e. The highest BCUT2D eigenvalue weighted by atomic mass is 16.2. The molecule has 1 aliphatic heterocycles. The average molecular weight is 318 g/mol. The molecule has 1 saturated carbocycles. The molecule has 2 fully saturated rings. The standard InChI is InChI=1S/C19H30N2O2/c1-14(2)7-5-8-15-9-10-16-17(13-15)19(23)21(18(16)22)12-6-11-20(3)4/h7-8,16-17H,5-6,9-13H2,1-4H3. The molecular weight excluding hydrogens is 288 g/mol. The number of hydrogen-bond acceptors (Lipinski definition) is 3. The smallest absolute Gasteiger partial charge is 0.233 e. The van der Waals surface area contributed by atoms with Crippen LogP contribution in [-0.2, 0) is 9.59 Å². The molecule has 2 rings (SSSR count). The average Bonchev–Trinajstić information content (AvgIpc) is 2.71. The van der Waals surface area contributed by atoms with Gasteiger partial charge in [0.15, 0.2) is 0 Å². The Labute approximate surface area is 140 Å². The van der Waals surface area contributed by atoms with Crippen molar-refractivity contribution in [2.75, 3.05) is 27.2 Å². The fourth-order valence-corrected chi connectivity index (χ4v) is 3.54. The molecule has 0 bridgehead atoms. The molecule has 4 heteroatoms. The third kappa shape index (κ3) is 4.54. The first-order valence-electron chi connectivity index (χ1n) is 8.71.